The van der Waals surface area contributed by atoms with Crippen molar-refractivity contribution in [3.63, 3.8) is 0 Å². The molecule has 7 nitrogen and oxygen atoms in total. The monoisotopic (exact) mass is 182 g/mol. The summed E-state index contributed by atoms with van der Waals surface area (Å²) in [6.45, 7) is 0. The zero-order valence-corrected chi connectivity index (χ0v) is 6.68. The third kappa shape index (κ3) is 0.934. The summed E-state index contributed by atoms with van der Waals surface area (Å²) in [5.74, 6) is -0.424. The third-order valence-corrected chi connectivity index (χ3v) is 1.59. The largest absolute Gasteiger partial charge is 0.423 e. The van der Waals surface area contributed by atoms with Crippen molar-refractivity contribution in [2.75, 3.05) is 7.05 Å². The maximum atomic E-state index is 11.2. The molecule has 68 valence electrons. The van der Waals surface area contributed by atoms with Crippen LogP contribution in [0.25, 0.3) is 11.2 Å². The van der Waals surface area contributed by atoms with Crippen LogP contribution in [0.15, 0.2) is 10.8 Å². The summed E-state index contributed by atoms with van der Waals surface area (Å²) in [5.41, 5.74) is 0.328. The molecule has 0 aliphatic heterocycles. The Morgan fingerprint density at radius 1 is 1.77 bits per heavy atom. The molecule has 0 spiro atoms. The zero-order chi connectivity index (χ0) is 9.42. The minimum absolute atomic E-state index is 0.0359. The Hall–Kier alpha value is -2.05. The Balaban J connectivity index is 2.68. The van der Waals surface area contributed by atoms with Gasteiger partial charge in [0.1, 0.15) is 0 Å². The Bertz CT molecular complexity index is 457. The van der Waals surface area contributed by atoms with Gasteiger partial charge in [0.15, 0.2) is 17.6 Å². The molecule has 7 heteroatoms. The number of fused-ring (bicyclic) bond motifs is 1. The van der Waals surface area contributed by atoms with E-state index in [9.17, 15) is 4.79 Å². The van der Waals surface area contributed by atoms with Crippen LogP contribution < -0.4 is 5.32 Å². The Kier molecular flexibility index (Phi) is 1.44. The maximum Gasteiger partial charge on any atom is 0.283 e. The normalized spacial score (nSPS) is 10.5. The van der Waals surface area contributed by atoms with Crippen molar-refractivity contribution < 1.29 is 14.4 Å². The second-order valence-electron chi connectivity index (χ2n) is 2.32. The van der Waals surface area contributed by atoms with Gasteiger partial charge in [0, 0.05) is 7.05 Å². The molecular weight excluding hydrogens is 176 g/mol. The number of nitrogens with zero attached hydrogens (tertiary/aromatic N) is 3. The van der Waals surface area contributed by atoms with Crippen molar-refractivity contribution in [1.82, 2.24) is 20.2 Å². The van der Waals surface area contributed by atoms with Gasteiger partial charge in [0.2, 0.25) is 0 Å². The molecule has 13 heavy (non-hydrogen) atoms. The molecule has 0 saturated carbocycles. The van der Waals surface area contributed by atoms with Crippen LogP contribution >= 0.6 is 0 Å². The van der Waals surface area contributed by atoms with Gasteiger partial charge in [-0.15, -0.1) is 5.10 Å². The lowest BCUT2D eigenvalue weighted by molar-refractivity contribution is 0.0945. The van der Waals surface area contributed by atoms with E-state index in [1.807, 2.05) is 0 Å². The maximum absolute atomic E-state index is 11.2. The number of carbonyl (C=O) groups is 1. The molecule has 0 aliphatic rings. The highest BCUT2D eigenvalue weighted by Crippen LogP contribution is 2.14. The summed E-state index contributed by atoms with van der Waals surface area (Å²) in [5, 5.41) is 15.0. The van der Waals surface area contributed by atoms with Crippen LogP contribution in [0.3, 0.4) is 0 Å². The standard InChI is InChI=1S/C6H6N4O3/c1-7-5(11)3-4-6(10(12)9-3)13-2-8-4/h2,12H,1H3,(H,7,11). The lowest BCUT2D eigenvalue weighted by Crippen LogP contribution is -2.19. The molecule has 0 bridgehead atoms. The van der Waals surface area contributed by atoms with E-state index in [0.29, 0.717) is 4.85 Å². The SMILES string of the molecule is CNC(=O)c1nn(O)c2ocnc12. The Morgan fingerprint density at radius 2 is 2.54 bits per heavy atom. The first-order valence-electron chi connectivity index (χ1n) is 3.47. The number of carbonyl (C=O) groups excluding carboxylic acids is 1. The van der Waals surface area contributed by atoms with Crippen molar-refractivity contribution in [3.05, 3.63) is 12.1 Å². The molecule has 1 amide bonds. The first-order valence-corrected chi connectivity index (χ1v) is 3.47. The predicted molar refractivity (Wildman–Crippen MR) is 40.4 cm³/mol. The Morgan fingerprint density at radius 3 is 3.23 bits per heavy atom. The van der Waals surface area contributed by atoms with Crippen LogP contribution in [0.4, 0.5) is 0 Å². The molecule has 2 N–H and O–H groups in total. The van der Waals surface area contributed by atoms with Gasteiger partial charge in [0.05, 0.1) is 0 Å². The molecule has 0 saturated heterocycles. The third-order valence-electron chi connectivity index (χ3n) is 1.59. The van der Waals surface area contributed by atoms with Crippen molar-refractivity contribution in [3.8, 4) is 0 Å². The van der Waals surface area contributed by atoms with Gasteiger partial charge in [0.25, 0.3) is 11.6 Å². The highest BCUT2D eigenvalue weighted by Gasteiger charge is 2.19. The summed E-state index contributed by atoms with van der Waals surface area (Å²) in [7, 11) is 1.46. The van der Waals surface area contributed by atoms with Crippen LogP contribution in [-0.4, -0.2) is 33.1 Å². The molecule has 0 radical (unpaired) electrons. The predicted octanol–water partition coefficient (Wildman–Crippen LogP) is -0.379. The number of nitrogens with one attached hydrogen (secondary N) is 1. The van der Waals surface area contributed by atoms with E-state index in [0.717, 1.165) is 6.39 Å². The Labute approximate surface area is 71.9 Å². The molecule has 0 aromatic carbocycles. The van der Waals surface area contributed by atoms with Gasteiger partial charge in [-0.05, 0) is 0 Å². The number of oxazole rings is 1. The average molecular weight is 182 g/mol. The lowest BCUT2D eigenvalue weighted by Gasteiger charge is -1.90. The molecule has 2 heterocycles. The van der Waals surface area contributed by atoms with Gasteiger partial charge in [-0.2, -0.15) is 0 Å². The van der Waals surface area contributed by atoms with Crippen molar-refractivity contribution >= 4 is 17.1 Å². The first kappa shape index (κ1) is 7.59. The van der Waals surface area contributed by atoms with Crippen LogP contribution in [0.1, 0.15) is 10.5 Å². The molecule has 2 rings (SSSR count). The van der Waals surface area contributed by atoms with E-state index in [2.05, 4.69) is 15.4 Å². The fourth-order valence-electron chi connectivity index (χ4n) is 1.00. The molecule has 2 aromatic rings. The van der Waals surface area contributed by atoms with Gasteiger partial charge in [-0.3, -0.25) is 4.79 Å². The number of aromatic nitrogens is 3. The van der Waals surface area contributed by atoms with Gasteiger partial charge in [-0.25, -0.2) is 4.98 Å². The number of amides is 1. The van der Waals surface area contributed by atoms with E-state index in [4.69, 9.17) is 9.62 Å². The van der Waals surface area contributed by atoms with Crippen LogP contribution in [-0.2, 0) is 0 Å². The summed E-state index contributed by atoms with van der Waals surface area (Å²) in [4.78, 5) is 15.4. The molecular formula is C6H6N4O3. The molecule has 0 unspecified atom stereocenters. The second kappa shape index (κ2) is 2.47. The lowest BCUT2D eigenvalue weighted by atomic mass is 10.4. The topological polar surface area (TPSA) is 93.2 Å². The van der Waals surface area contributed by atoms with Crippen molar-refractivity contribution in [2.24, 2.45) is 0 Å². The van der Waals surface area contributed by atoms with Crippen LogP contribution in [0, 0.1) is 0 Å². The first-order chi connectivity index (χ1) is 6.24. The van der Waals surface area contributed by atoms with Gasteiger partial charge < -0.3 is 14.9 Å². The number of hydrogen-bond donors (Lipinski definition) is 2. The van der Waals surface area contributed by atoms with E-state index < -0.39 is 5.91 Å². The molecule has 0 aliphatic carbocycles. The van der Waals surface area contributed by atoms with E-state index in [-0.39, 0.29) is 16.9 Å². The quantitative estimate of drug-likeness (QED) is 0.586. The van der Waals surface area contributed by atoms with E-state index >= 15 is 0 Å². The summed E-state index contributed by atoms with van der Waals surface area (Å²) < 4.78 is 4.78. The minimum Gasteiger partial charge on any atom is -0.423 e. The second-order valence-corrected chi connectivity index (χ2v) is 2.32. The summed E-state index contributed by atoms with van der Waals surface area (Å²) in [6, 6.07) is 0. The molecule has 0 fully saturated rings. The highest BCUT2D eigenvalue weighted by atomic mass is 16.5. The van der Waals surface area contributed by atoms with Crippen molar-refractivity contribution in [2.45, 2.75) is 0 Å². The van der Waals surface area contributed by atoms with Crippen molar-refractivity contribution in [1.29, 1.82) is 0 Å². The fraction of sp³-hybridized carbons (Fsp3) is 0.167. The van der Waals surface area contributed by atoms with Gasteiger partial charge >= 0.3 is 0 Å². The minimum atomic E-state index is -0.424. The summed E-state index contributed by atoms with van der Waals surface area (Å²) in [6.07, 6.45) is 1.13. The highest BCUT2D eigenvalue weighted by molar-refractivity contribution is 6.01. The fourth-order valence-corrected chi connectivity index (χ4v) is 1.00. The smallest absolute Gasteiger partial charge is 0.283 e. The van der Waals surface area contributed by atoms with Crippen LogP contribution in [0.5, 0.6) is 0 Å². The van der Waals surface area contributed by atoms with E-state index in [1.165, 1.54) is 7.05 Å². The summed E-state index contributed by atoms with van der Waals surface area (Å²) >= 11 is 0. The zero-order valence-electron chi connectivity index (χ0n) is 6.68. The molecule has 2 aromatic heterocycles. The number of hydrogen-bond acceptors (Lipinski definition) is 5. The molecule has 0 atom stereocenters. The van der Waals surface area contributed by atoms with Gasteiger partial charge in [-0.1, -0.05) is 4.85 Å². The van der Waals surface area contributed by atoms with Crippen LogP contribution in [0.2, 0.25) is 0 Å². The number of rotatable bonds is 1. The average Bonchev–Trinajstić information content (AvgIpc) is 2.68. The van der Waals surface area contributed by atoms with E-state index in [1.54, 1.807) is 0 Å².